The molecule has 0 saturated carbocycles. The molecule has 2 aliphatic carbocycles. The van der Waals surface area contributed by atoms with Gasteiger partial charge in [-0.05, 0) is 102 Å². The topological polar surface area (TPSA) is 55.8 Å². The Bertz CT molecular complexity index is 3000. The minimum atomic E-state index is -4.52. The van der Waals surface area contributed by atoms with Crippen molar-refractivity contribution in [3.8, 4) is 22.3 Å². The maximum atomic E-state index is 13.6. The third-order valence-electron chi connectivity index (χ3n) is 11.5. The van der Waals surface area contributed by atoms with E-state index in [1.54, 1.807) is 0 Å². The number of phosphoric acid groups is 1. The van der Waals surface area contributed by atoms with E-state index in [9.17, 15) is 9.46 Å². The van der Waals surface area contributed by atoms with Crippen molar-refractivity contribution in [2.45, 2.75) is 6.92 Å². The number of benzene rings is 7. The zero-order valence-electron chi connectivity index (χ0n) is 31.8. The Morgan fingerprint density at radius 1 is 0.638 bits per heavy atom. The van der Waals surface area contributed by atoms with Gasteiger partial charge in [-0.25, -0.2) is 4.57 Å². The van der Waals surface area contributed by atoms with Gasteiger partial charge in [0.15, 0.2) is 0 Å². The van der Waals surface area contributed by atoms with Gasteiger partial charge in [0.05, 0.1) is 5.92 Å². The number of phosphoric ester groups is 1. The van der Waals surface area contributed by atoms with E-state index in [0.717, 1.165) is 61.2 Å². The minimum Gasteiger partial charge on any atom is -0.403 e. The van der Waals surface area contributed by atoms with Crippen LogP contribution in [0.1, 0.15) is 29.2 Å². The van der Waals surface area contributed by atoms with Crippen LogP contribution in [0.4, 0.5) is 0 Å². The zero-order chi connectivity index (χ0) is 39.2. The number of hydrogen-bond acceptors (Lipinski definition) is 3. The zero-order valence-corrected chi connectivity index (χ0v) is 32.7. The third kappa shape index (κ3) is 6.77. The van der Waals surface area contributed by atoms with Crippen molar-refractivity contribution in [1.82, 2.24) is 0 Å². The molecule has 280 valence electrons. The van der Waals surface area contributed by atoms with Crippen LogP contribution in [0.3, 0.4) is 0 Å². The van der Waals surface area contributed by atoms with Crippen LogP contribution >= 0.6 is 7.82 Å². The predicted octanol–water partition coefficient (Wildman–Crippen LogP) is 14.1. The Kier molecular flexibility index (Phi) is 9.02. The second-order valence-electron chi connectivity index (χ2n) is 15.1. The van der Waals surface area contributed by atoms with Crippen LogP contribution in [-0.2, 0) is 13.6 Å². The van der Waals surface area contributed by atoms with Gasteiger partial charge in [0.2, 0.25) is 0 Å². The first-order chi connectivity index (χ1) is 28.4. The molecule has 1 aliphatic heterocycles. The van der Waals surface area contributed by atoms with E-state index in [1.807, 2.05) is 24.3 Å². The fraction of sp³-hybridized carbons (Fsp3) is 0.0566. The highest BCUT2D eigenvalue weighted by Crippen LogP contribution is 2.58. The Hall–Kier alpha value is -6.71. The standard InChI is InChI=1S/C53H39O4P/c1-35(36-18-20-39(21-19-36)44-28-24-37-10-2-4-12-42(37)31-44)30-46-14-6-8-16-48(46)51-34-56-58(54,55)57-53-50(33-47-15-7-9-17-49(47)52(51)53)41-26-22-40(23-27-41)45-29-25-38-11-3-5-13-43(38)32-45/h2-34,49,52H,1H3,(H,54,55)/b35-30+. The summed E-state index contributed by atoms with van der Waals surface area (Å²) in [5.74, 6) is -0.161. The molecule has 1 N–H and O–H groups in total. The summed E-state index contributed by atoms with van der Waals surface area (Å²) in [4.78, 5) is 11.1. The van der Waals surface area contributed by atoms with Crippen molar-refractivity contribution in [3.63, 3.8) is 0 Å². The molecule has 0 radical (unpaired) electrons. The fourth-order valence-corrected chi connectivity index (χ4v) is 9.29. The number of allylic oxidation sites excluding steroid dienone is 9. The van der Waals surface area contributed by atoms with Crippen LogP contribution < -0.4 is 0 Å². The number of rotatable bonds is 6. The van der Waals surface area contributed by atoms with Crippen LogP contribution in [0.15, 0.2) is 206 Å². The van der Waals surface area contributed by atoms with E-state index in [1.165, 1.54) is 33.4 Å². The minimum absolute atomic E-state index is 0.144. The highest BCUT2D eigenvalue weighted by molar-refractivity contribution is 7.47. The molecule has 3 atom stereocenters. The van der Waals surface area contributed by atoms with E-state index < -0.39 is 13.7 Å². The van der Waals surface area contributed by atoms with Crippen LogP contribution in [0, 0.1) is 11.8 Å². The molecule has 10 rings (SSSR count). The van der Waals surface area contributed by atoms with Crippen LogP contribution in [0.2, 0.25) is 0 Å². The smallest absolute Gasteiger partial charge is 0.403 e. The molecule has 1 heterocycles. The van der Waals surface area contributed by atoms with Crippen molar-refractivity contribution < 1.29 is 18.5 Å². The number of fused-ring (bicyclic) bond motifs is 5. The van der Waals surface area contributed by atoms with Gasteiger partial charge in [-0.1, -0.05) is 176 Å². The van der Waals surface area contributed by atoms with Crippen molar-refractivity contribution in [2.24, 2.45) is 11.8 Å². The molecule has 0 spiro atoms. The average Bonchev–Trinajstić information content (AvgIpc) is 3.41. The second kappa shape index (κ2) is 14.7. The average molecular weight is 771 g/mol. The molecule has 7 aromatic carbocycles. The monoisotopic (exact) mass is 770 g/mol. The van der Waals surface area contributed by atoms with Gasteiger partial charge >= 0.3 is 7.82 Å². The van der Waals surface area contributed by atoms with Crippen molar-refractivity contribution in [3.05, 3.63) is 228 Å². The summed E-state index contributed by atoms with van der Waals surface area (Å²) in [6.07, 6.45) is 14.0. The van der Waals surface area contributed by atoms with Crippen molar-refractivity contribution in [2.75, 3.05) is 0 Å². The van der Waals surface area contributed by atoms with Crippen molar-refractivity contribution >= 4 is 52.2 Å². The van der Waals surface area contributed by atoms with Gasteiger partial charge in [-0.3, -0.25) is 4.89 Å². The molecule has 3 aliphatic rings. The molecule has 4 nitrogen and oxygen atoms in total. The first-order valence-corrected chi connectivity index (χ1v) is 21.0. The van der Waals surface area contributed by atoms with Gasteiger partial charge in [0.25, 0.3) is 0 Å². The summed E-state index contributed by atoms with van der Waals surface area (Å²) in [6.45, 7) is 2.12. The predicted molar refractivity (Wildman–Crippen MR) is 239 cm³/mol. The molecule has 0 fully saturated rings. The largest absolute Gasteiger partial charge is 0.584 e. The first-order valence-electron chi connectivity index (χ1n) is 19.6. The van der Waals surface area contributed by atoms with E-state index >= 15 is 0 Å². The molecule has 0 saturated heterocycles. The Labute approximate surface area is 338 Å². The summed E-state index contributed by atoms with van der Waals surface area (Å²) < 4.78 is 25.3. The van der Waals surface area contributed by atoms with Crippen LogP contribution in [0.5, 0.6) is 0 Å². The molecule has 58 heavy (non-hydrogen) atoms. The highest BCUT2D eigenvalue weighted by Gasteiger charge is 2.43. The van der Waals surface area contributed by atoms with E-state index in [2.05, 4.69) is 177 Å². The summed E-state index contributed by atoms with van der Waals surface area (Å²) in [6, 6.07) is 55.0. The van der Waals surface area contributed by atoms with Crippen LogP contribution in [-0.4, -0.2) is 4.89 Å². The van der Waals surface area contributed by atoms with Gasteiger partial charge in [-0.15, -0.1) is 0 Å². The molecule has 0 aromatic heterocycles. The maximum Gasteiger partial charge on any atom is 0.584 e. The van der Waals surface area contributed by atoms with Gasteiger partial charge < -0.3 is 9.05 Å². The summed E-state index contributed by atoms with van der Waals surface area (Å²) in [5, 5.41) is 4.83. The lowest BCUT2D eigenvalue weighted by molar-refractivity contribution is 0.223. The lowest BCUT2D eigenvalue weighted by Gasteiger charge is -2.34. The molecule has 3 unspecified atom stereocenters. The molecule has 0 bridgehead atoms. The van der Waals surface area contributed by atoms with E-state index in [4.69, 9.17) is 9.05 Å². The number of hydrogen-bond donors (Lipinski definition) is 1. The van der Waals surface area contributed by atoms with E-state index in [0.29, 0.717) is 5.76 Å². The lowest BCUT2D eigenvalue weighted by Crippen LogP contribution is -2.24. The SMILES string of the molecule is C/C(=C\c1ccccc1C1=COP(=O)(O)OC2=C(c3ccc(-c4ccc5ccccc5c4)cc3)C=C3C=CC=CC3C12)c1ccc(-c2ccc3ccccc3c2)cc1. The highest BCUT2D eigenvalue weighted by atomic mass is 31.2. The second-order valence-corrected chi connectivity index (χ2v) is 16.4. The summed E-state index contributed by atoms with van der Waals surface area (Å²) in [7, 11) is -4.52. The maximum absolute atomic E-state index is 13.6. The molecule has 5 heteroatoms. The normalized spacial score (nSPS) is 20.1. The van der Waals surface area contributed by atoms with E-state index in [-0.39, 0.29) is 5.92 Å². The fourth-order valence-electron chi connectivity index (χ4n) is 8.54. The van der Waals surface area contributed by atoms with Crippen LogP contribution in [0.25, 0.3) is 66.6 Å². The third-order valence-corrected chi connectivity index (χ3v) is 12.3. The Morgan fingerprint density at radius 2 is 1.21 bits per heavy atom. The summed E-state index contributed by atoms with van der Waals surface area (Å²) >= 11 is 0. The molecular formula is C53H39O4P. The molecule has 0 amide bonds. The van der Waals surface area contributed by atoms with Gasteiger partial charge in [-0.2, -0.15) is 0 Å². The summed E-state index contributed by atoms with van der Waals surface area (Å²) in [5.41, 5.74) is 12.1. The quantitative estimate of drug-likeness (QED) is 0.135. The molecular weight excluding hydrogens is 732 g/mol. The Morgan fingerprint density at radius 3 is 1.88 bits per heavy atom. The Balaban J connectivity index is 1.02. The first kappa shape index (κ1) is 35.7. The molecule has 7 aromatic rings. The lowest BCUT2D eigenvalue weighted by atomic mass is 9.70. The van der Waals surface area contributed by atoms with Gasteiger partial charge in [0.1, 0.15) is 12.0 Å². The van der Waals surface area contributed by atoms with Gasteiger partial charge in [0, 0.05) is 17.1 Å². The van der Waals surface area contributed by atoms with Crippen molar-refractivity contribution in [1.29, 1.82) is 0 Å².